The standard InChI is InChI=1S/C28H23Cl3N4O8S2/c1-17-3-7-24(15-25(17)35(37)38)45(41,42)34(26-14-18(29)4-10-27(26)43-2)16-28(36)32-21-5-8-23(9-6-21)44(39,40)33-22-12-19(30)11-20(31)13-22/h3-15,33H,16H2,1-2H3,(H,32,36). The van der Waals surface area contributed by atoms with Crippen LogP contribution in [-0.2, 0) is 24.8 Å². The van der Waals surface area contributed by atoms with Crippen LogP contribution in [0.1, 0.15) is 5.56 Å². The van der Waals surface area contributed by atoms with E-state index < -0.39 is 48.0 Å². The van der Waals surface area contributed by atoms with Crippen LogP contribution in [-0.4, -0.2) is 41.3 Å². The Hall–Kier alpha value is -4.08. The van der Waals surface area contributed by atoms with Gasteiger partial charge in [-0.1, -0.05) is 40.9 Å². The van der Waals surface area contributed by atoms with Gasteiger partial charge in [0.1, 0.15) is 12.3 Å². The monoisotopic (exact) mass is 712 g/mol. The molecule has 0 spiro atoms. The number of nitrogens with zero attached hydrogens (tertiary/aromatic N) is 2. The van der Waals surface area contributed by atoms with Gasteiger partial charge in [-0.05, 0) is 73.7 Å². The van der Waals surface area contributed by atoms with E-state index in [1.807, 2.05) is 0 Å². The van der Waals surface area contributed by atoms with Gasteiger partial charge in [-0.25, -0.2) is 16.8 Å². The fraction of sp³-hybridized carbons (Fsp3) is 0.107. The van der Waals surface area contributed by atoms with Crippen molar-refractivity contribution in [1.82, 2.24) is 0 Å². The lowest BCUT2D eigenvalue weighted by Crippen LogP contribution is -2.38. The molecule has 0 unspecified atom stereocenters. The summed E-state index contributed by atoms with van der Waals surface area (Å²) in [5.41, 5.74) is -0.00759. The average molecular weight is 714 g/mol. The predicted molar refractivity (Wildman–Crippen MR) is 173 cm³/mol. The van der Waals surface area contributed by atoms with E-state index in [9.17, 15) is 31.7 Å². The van der Waals surface area contributed by atoms with Crippen LogP contribution in [0.4, 0.5) is 22.7 Å². The molecule has 0 atom stereocenters. The average Bonchev–Trinajstić information content (AvgIpc) is 2.95. The van der Waals surface area contributed by atoms with Crippen molar-refractivity contribution < 1.29 is 31.3 Å². The zero-order chi connectivity index (χ0) is 33.1. The number of methoxy groups -OCH3 is 1. The van der Waals surface area contributed by atoms with E-state index in [1.165, 1.54) is 86.8 Å². The third-order valence-electron chi connectivity index (χ3n) is 6.23. The summed E-state index contributed by atoms with van der Waals surface area (Å²) in [7, 11) is -7.37. The molecule has 12 nitrogen and oxygen atoms in total. The molecule has 0 fully saturated rings. The fourth-order valence-corrected chi connectivity index (χ4v) is 7.28. The molecule has 0 bridgehead atoms. The smallest absolute Gasteiger partial charge is 0.273 e. The van der Waals surface area contributed by atoms with Gasteiger partial charge >= 0.3 is 0 Å². The van der Waals surface area contributed by atoms with Crippen molar-refractivity contribution in [2.75, 3.05) is 28.0 Å². The quantitative estimate of drug-likeness (QED) is 0.131. The summed E-state index contributed by atoms with van der Waals surface area (Å²) >= 11 is 18.0. The molecule has 17 heteroatoms. The lowest BCUT2D eigenvalue weighted by molar-refractivity contribution is -0.385. The van der Waals surface area contributed by atoms with Crippen LogP contribution in [0.25, 0.3) is 0 Å². The zero-order valence-corrected chi connectivity index (χ0v) is 27.2. The van der Waals surface area contributed by atoms with Crippen molar-refractivity contribution in [3.63, 3.8) is 0 Å². The van der Waals surface area contributed by atoms with Gasteiger partial charge in [0.15, 0.2) is 0 Å². The van der Waals surface area contributed by atoms with Crippen molar-refractivity contribution in [2.45, 2.75) is 16.7 Å². The Balaban J connectivity index is 1.62. The lowest BCUT2D eigenvalue weighted by Gasteiger charge is -2.26. The maximum atomic E-state index is 13.9. The van der Waals surface area contributed by atoms with Crippen LogP contribution in [0.15, 0.2) is 88.7 Å². The van der Waals surface area contributed by atoms with Crippen LogP contribution in [0, 0.1) is 17.0 Å². The Kier molecular flexibility index (Phi) is 10.1. The van der Waals surface area contributed by atoms with Crippen molar-refractivity contribution in [1.29, 1.82) is 0 Å². The van der Waals surface area contributed by atoms with Gasteiger partial charge in [0.05, 0.1) is 33.2 Å². The molecule has 0 aromatic heterocycles. The number of sulfonamides is 2. The highest BCUT2D eigenvalue weighted by Crippen LogP contribution is 2.36. The number of ether oxygens (including phenoxy) is 1. The molecule has 1 amide bonds. The Morgan fingerprint density at radius 3 is 2.07 bits per heavy atom. The third kappa shape index (κ3) is 7.96. The van der Waals surface area contributed by atoms with Crippen LogP contribution >= 0.6 is 34.8 Å². The van der Waals surface area contributed by atoms with Crippen LogP contribution in [0.5, 0.6) is 5.75 Å². The van der Waals surface area contributed by atoms with Crippen molar-refractivity contribution in [3.8, 4) is 5.75 Å². The van der Waals surface area contributed by atoms with Crippen molar-refractivity contribution >= 4 is 83.5 Å². The number of benzene rings is 4. The molecular formula is C28H23Cl3N4O8S2. The number of hydrogen-bond acceptors (Lipinski definition) is 8. The van der Waals surface area contributed by atoms with Gasteiger partial charge in [0.25, 0.3) is 25.7 Å². The molecule has 0 aliphatic rings. The van der Waals surface area contributed by atoms with E-state index in [-0.39, 0.29) is 48.3 Å². The molecule has 2 N–H and O–H groups in total. The molecular weight excluding hydrogens is 691 g/mol. The number of carbonyl (C=O) groups is 1. The molecule has 0 aliphatic carbocycles. The minimum Gasteiger partial charge on any atom is -0.495 e. The molecule has 236 valence electrons. The number of aryl methyl sites for hydroxylation is 1. The first-order chi connectivity index (χ1) is 21.1. The summed E-state index contributed by atoms with van der Waals surface area (Å²) in [6.45, 7) is 0.650. The summed E-state index contributed by atoms with van der Waals surface area (Å²) in [5, 5.41) is 14.6. The number of nitro benzene ring substituents is 1. The third-order valence-corrected chi connectivity index (χ3v) is 10.0. The normalized spacial score (nSPS) is 11.5. The van der Waals surface area contributed by atoms with Gasteiger partial charge in [-0.15, -0.1) is 0 Å². The second kappa shape index (κ2) is 13.5. The number of nitrogens with one attached hydrogen (secondary N) is 2. The van der Waals surface area contributed by atoms with E-state index in [1.54, 1.807) is 0 Å². The minimum atomic E-state index is -4.60. The van der Waals surface area contributed by atoms with E-state index in [2.05, 4.69) is 10.0 Å². The fourth-order valence-electron chi connectivity index (χ4n) is 4.11. The van der Waals surface area contributed by atoms with Gasteiger partial charge in [0.2, 0.25) is 5.91 Å². The second-order valence-corrected chi connectivity index (χ2v) is 14.2. The summed E-state index contributed by atoms with van der Waals surface area (Å²) in [4.78, 5) is 23.4. The maximum Gasteiger partial charge on any atom is 0.273 e. The number of carbonyl (C=O) groups excluding carboxylic acids is 1. The highest BCUT2D eigenvalue weighted by molar-refractivity contribution is 7.93. The lowest BCUT2D eigenvalue weighted by atomic mass is 10.2. The van der Waals surface area contributed by atoms with Gasteiger partial charge in [-0.2, -0.15) is 0 Å². The highest BCUT2D eigenvalue weighted by Gasteiger charge is 2.31. The first kappa shape index (κ1) is 33.8. The number of hydrogen-bond donors (Lipinski definition) is 2. The summed E-state index contributed by atoms with van der Waals surface area (Å²) in [5.74, 6) is -0.773. The first-order valence-electron chi connectivity index (χ1n) is 12.6. The summed E-state index contributed by atoms with van der Waals surface area (Å²) < 4.78 is 61.8. The Bertz CT molecular complexity index is 1990. The number of nitro groups is 1. The van der Waals surface area contributed by atoms with Crippen LogP contribution < -0.4 is 19.1 Å². The van der Waals surface area contributed by atoms with Gasteiger partial charge < -0.3 is 10.1 Å². The Morgan fingerprint density at radius 2 is 1.47 bits per heavy atom. The molecule has 0 aliphatic heterocycles. The molecule has 45 heavy (non-hydrogen) atoms. The molecule has 4 rings (SSSR count). The summed E-state index contributed by atoms with van der Waals surface area (Å²) in [6.07, 6.45) is 0. The zero-order valence-electron chi connectivity index (χ0n) is 23.3. The van der Waals surface area contributed by atoms with E-state index in [0.29, 0.717) is 4.31 Å². The van der Waals surface area contributed by atoms with E-state index in [4.69, 9.17) is 39.5 Å². The number of anilines is 3. The Labute approximate surface area is 273 Å². The van der Waals surface area contributed by atoms with Crippen LogP contribution in [0.3, 0.4) is 0 Å². The second-order valence-electron chi connectivity index (χ2n) is 9.37. The molecule has 0 saturated carbocycles. The molecule has 0 heterocycles. The number of rotatable bonds is 11. The van der Waals surface area contributed by atoms with Crippen molar-refractivity contribution in [3.05, 3.63) is 110 Å². The minimum absolute atomic E-state index is 0.0560. The van der Waals surface area contributed by atoms with Crippen molar-refractivity contribution in [2.24, 2.45) is 0 Å². The topological polar surface area (TPSA) is 165 Å². The van der Waals surface area contributed by atoms with Gasteiger partial charge in [0, 0.05) is 32.4 Å². The molecule has 0 saturated heterocycles. The number of halogens is 3. The van der Waals surface area contributed by atoms with E-state index in [0.717, 1.165) is 6.07 Å². The highest BCUT2D eigenvalue weighted by atomic mass is 35.5. The molecule has 0 radical (unpaired) electrons. The van der Waals surface area contributed by atoms with Gasteiger partial charge in [-0.3, -0.25) is 23.9 Å². The van der Waals surface area contributed by atoms with E-state index >= 15 is 0 Å². The number of amides is 1. The SMILES string of the molecule is COc1ccc(Cl)cc1N(CC(=O)Nc1ccc(S(=O)(=O)Nc2cc(Cl)cc(Cl)c2)cc1)S(=O)(=O)c1ccc(C)c([N+](=O)[O-])c1. The molecule has 4 aromatic rings. The molecule has 4 aromatic carbocycles. The predicted octanol–water partition coefficient (Wildman–Crippen LogP) is 6.51. The Morgan fingerprint density at radius 1 is 0.844 bits per heavy atom. The first-order valence-corrected chi connectivity index (χ1v) is 16.7. The van der Waals surface area contributed by atoms with Crippen LogP contribution in [0.2, 0.25) is 15.1 Å². The maximum absolute atomic E-state index is 13.9. The summed E-state index contributed by atoms with van der Waals surface area (Å²) in [6, 6.07) is 16.8. The largest absolute Gasteiger partial charge is 0.495 e.